The van der Waals surface area contributed by atoms with Crippen LogP contribution in [-0.4, -0.2) is 26.7 Å². The predicted molar refractivity (Wildman–Crippen MR) is 47.1 cm³/mol. The van der Waals surface area contributed by atoms with Crippen LogP contribution in [0.25, 0.3) is 5.53 Å². The van der Waals surface area contributed by atoms with E-state index in [9.17, 15) is 9.59 Å². The van der Waals surface area contributed by atoms with Crippen molar-refractivity contribution in [2.24, 2.45) is 0 Å². The van der Waals surface area contributed by atoms with E-state index in [1.165, 1.54) is 12.2 Å². The molecule has 0 aromatic carbocycles. The van der Waals surface area contributed by atoms with Gasteiger partial charge >= 0.3 is 0 Å². The SMILES string of the molecule is [N-]=[N+]=C1C=C2C(=O)N(Cl)C(=O)C2=CC1. The first kappa shape index (κ1) is 8.87. The average molecular weight is 210 g/mol. The summed E-state index contributed by atoms with van der Waals surface area (Å²) in [5.41, 5.74) is 9.29. The molecule has 1 saturated heterocycles. The summed E-state index contributed by atoms with van der Waals surface area (Å²) >= 11 is 5.43. The summed E-state index contributed by atoms with van der Waals surface area (Å²) < 4.78 is 0.526. The Morgan fingerprint density at radius 1 is 1.36 bits per heavy atom. The van der Waals surface area contributed by atoms with Crippen molar-refractivity contribution in [1.82, 2.24) is 4.42 Å². The van der Waals surface area contributed by atoms with Crippen LogP contribution < -0.4 is 0 Å². The second kappa shape index (κ2) is 2.90. The Hall–Kier alpha value is -1.71. The Morgan fingerprint density at radius 3 is 2.64 bits per heavy atom. The summed E-state index contributed by atoms with van der Waals surface area (Å²) in [6, 6.07) is 0. The van der Waals surface area contributed by atoms with Gasteiger partial charge in [0.15, 0.2) is 0 Å². The molecule has 14 heavy (non-hydrogen) atoms. The van der Waals surface area contributed by atoms with Gasteiger partial charge < -0.3 is 5.53 Å². The van der Waals surface area contributed by atoms with Crippen LogP contribution in [0, 0.1) is 0 Å². The fourth-order valence-corrected chi connectivity index (χ4v) is 1.55. The fraction of sp³-hybridized carbons (Fsp3) is 0.125. The summed E-state index contributed by atoms with van der Waals surface area (Å²) in [7, 11) is 0. The number of carbonyl (C=O) groups excluding carboxylic acids is 2. The molecule has 2 amide bonds. The molecule has 70 valence electrons. The van der Waals surface area contributed by atoms with Crippen molar-refractivity contribution in [1.29, 1.82) is 0 Å². The molecular weight excluding hydrogens is 206 g/mol. The number of rotatable bonds is 0. The molecule has 2 rings (SSSR count). The molecule has 0 unspecified atom stereocenters. The molecule has 0 aromatic rings. The number of nitrogens with zero attached hydrogens (tertiary/aromatic N) is 3. The first-order valence-electron chi connectivity index (χ1n) is 3.83. The lowest BCUT2D eigenvalue weighted by molar-refractivity contribution is -0.130. The molecule has 0 atom stereocenters. The summed E-state index contributed by atoms with van der Waals surface area (Å²) in [6.07, 6.45) is 3.20. The van der Waals surface area contributed by atoms with Gasteiger partial charge in [-0.15, -0.1) is 0 Å². The normalized spacial score (nSPS) is 20.4. The quantitative estimate of drug-likeness (QED) is 0.251. The standard InChI is InChI=1S/C8H4ClN3O2/c9-12-7(13)5-2-1-4(11-10)3-6(5)8(12)14/h2-3H,1H2. The zero-order valence-corrected chi connectivity index (χ0v) is 7.65. The molecule has 5 nitrogen and oxygen atoms in total. The van der Waals surface area contributed by atoms with E-state index in [0.717, 1.165) is 0 Å². The van der Waals surface area contributed by atoms with Crippen LogP contribution in [0.1, 0.15) is 6.42 Å². The summed E-state index contributed by atoms with van der Waals surface area (Å²) in [5.74, 6) is -1.11. The van der Waals surface area contributed by atoms with Crippen LogP contribution in [0.5, 0.6) is 0 Å². The van der Waals surface area contributed by atoms with Gasteiger partial charge in [-0.25, -0.2) is 0 Å². The van der Waals surface area contributed by atoms with Gasteiger partial charge in [0, 0.05) is 17.9 Å². The second-order valence-electron chi connectivity index (χ2n) is 2.86. The number of carbonyl (C=O) groups is 2. The minimum absolute atomic E-state index is 0.184. The number of hydrogen-bond donors (Lipinski definition) is 0. The monoisotopic (exact) mass is 209 g/mol. The predicted octanol–water partition coefficient (Wildman–Crippen LogP) is 0.436. The van der Waals surface area contributed by atoms with Crippen molar-refractivity contribution >= 4 is 29.3 Å². The Kier molecular flexibility index (Phi) is 1.84. The largest absolute Gasteiger partial charge is 0.361 e. The van der Waals surface area contributed by atoms with Crippen molar-refractivity contribution in [2.75, 3.05) is 0 Å². The van der Waals surface area contributed by atoms with Gasteiger partial charge in [0.2, 0.25) is 0 Å². The van der Waals surface area contributed by atoms with Crippen molar-refractivity contribution in [3.63, 3.8) is 0 Å². The van der Waals surface area contributed by atoms with E-state index in [2.05, 4.69) is 4.79 Å². The first-order chi connectivity index (χ1) is 6.65. The molecule has 1 heterocycles. The average Bonchev–Trinajstić information content (AvgIpc) is 2.44. The smallest absolute Gasteiger partial charge is 0.296 e. The maximum Gasteiger partial charge on any atom is 0.296 e. The van der Waals surface area contributed by atoms with Gasteiger partial charge in [0.25, 0.3) is 17.5 Å². The van der Waals surface area contributed by atoms with Crippen LogP contribution in [0.2, 0.25) is 0 Å². The molecule has 0 saturated carbocycles. The van der Waals surface area contributed by atoms with E-state index in [1.54, 1.807) is 0 Å². The van der Waals surface area contributed by atoms with Gasteiger partial charge in [-0.05, 0) is 0 Å². The molecule has 0 spiro atoms. The molecule has 2 aliphatic rings. The lowest BCUT2D eigenvalue weighted by Crippen LogP contribution is -2.18. The van der Waals surface area contributed by atoms with Crippen LogP contribution >= 0.6 is 11.8 Å². The lowest BCUT2D eigenvalue weighted by Gasteiger charge is -1.98. The minimum atomic E-state index is -0.580. The number of amides is 2. The van der Waals surface area contributed by atoms with Crippen molar-refractivity contribution in [3.8, 4) is 0 Å². The molecule has 1 fully saturated rings. The highest BCUT2D eigenvalue weighted by Gasteiger charge is 2.40. The van der Waals surface area contributed by atoms with Gasteiger partial charge in [-0.1, -0.05) is 6.08 Å². The molecule has 6 heteroatoms. The number of allylic oxidation sites excluding steroid dienone is 2. The van der Waals surface area contributed by atoms with Gasteiger partial charge in [0.1, 0.15) is 0 Å². The van der Waals surface area contributed by atoms with Crippen LogP contribution in [0.3, 0.4) is 0 Å². The number of imide groups is 1. The zero-order valence-electron chi connectivity index (χ0n) is 6.90. The summed E-state index contributed by atoms with van der Waals surface area (Å²) in [5, 5.41) is 0. The molecule has 0 aromatic heterocycles. The topological polar surface area (TPSA) is 73.8 Å². The second-order valence-corrected chi connectivity index (χ2v) is 3.20. The van der Waals surface area contributed by atoms with Crippen LogP contribution in [0.4, 0.5) is 0 Å². The maximum atomic E-state index is 11.3. The zero-order chi connectivity index (χ0) is 10.3. The van der Waals surface area contributed by atoms with Gasteiger partial charge in [0.05, 0.1) is 17.6 Å². The third kappa shape index (κ3) is 1.04. The van der Waals surface area contributed by atoms with E-state index in [1.807, 2.05) is 0 Å². The number of hydrogen-bond acceptors (Lipinski definition) is 2. The highest BCUT2D eigenvalue weighted by Crippen LogP contribution is 2.29. The van der Waals surface area contributed by atoms with Crippen LogP contribution in [-0.2, 0) is 9.59 Å². The van der Waals surface area contributed by atoms with Gasteiger partial charge in [-0.2, -0.15) is 9.21 Å². The van der Waals surface area contributed by atoms with E-state index >= 15 is 0 Å². The third-order valence-corrected chi connectivity index (χ3v) is 2.37. The summed E-state index contributed by atoms with van der Waals surface area (Å²) in [6.45, 7) is 0. The summed E-state index contributed by atoms with van der Waals surface area (Å²) in [4.78, 5) is 25.6. The molecule has 0 N–H and O–H groups in total. The molecule has 0 radical (unpaired) electrons. The van der Waals surface area contributed by atoms with E-state index in [4.69, 9.17) is 17.3 Å². The third-order valence-electron chi connectivity index (χ3n) is 2.06. The highest BCUT2D eigenvalue weighted by molar-refractivity contribution is 6.42. The van der Waals surface area contributed by atoms with Crippen molar-refractivity contribution in [2.45, 2.75) is 6.42 Å². The molecular formula is C8H4ClN3O2. The number of halogens is 1. The number of fused-ring (bicyclic) bond motifs is 1. The Labute approximate surface area is 84.0 Å². The van der Waals surface area contributed by atoms with E-state index in [-0.39, 0.29) is 11.1 Å². The highest BCUT2D eigenvalue weighted by atomic mass is 35.5. The molecule has 1 aliphatic carbocycles. The Morgan fingerprint density at radius 2 is 2.00 bits per heavy atom. The van der Waals surface area contributed by atoms with E-state index < -0.39 is 11.8 Å². The Bertz CT molecular complexity index is 457. The first-order valence-corrected chi connectivity index (χ1v) is 4.16. The van der Waals surface area contributed by atoms with Crippen LogP contribution in [0.15, 0.2) is 23.3 Å². The minimum Gasteiger partial charge on any atom is -0.361 e. The van der Waals surface area contributed by atoms with Crippen molar-refractivity contribution in [3.05, 3.63) is 28.8 Å². The van der Waals surface area contributed by atoms with E-state index in [0.29, 0.717) is 16.6 Å². The van der Waals surface area contributed by atoms with Gasteiger partial charge in [-0.3, -0.25) is 9.59 Å². The fourth-order valence-electron chi connectivity index (χ4n) is 1.37. The molecule has 1 aliphatic heterocycles. The maximum absolute atomic E-state index is 11.3. The lowest BCUT2D eigenvalue weighted by atomic mass is 9.99. The van der Waals surface area contributed by atoms with Crippen molar-refractivity contribution < 1.29 is 14.4 Å². The Balaban J connectivity index is 2.56. The molecule has 0 bridgehead atoms.